The van der Waals surface area contributed by atoms with Crippen LogP contribution in [-0.4, -0.2) is 49.7 Å². The summed E-state index contributed by atoms with van der Waals surface area (Å²) >= 11 is 27.1. The standard InChI is InChI=1S/C34H30Cl4FN7O2S/c1-34(2,3)48-33(47)45-8-6-21(7-9-45)46-17-28(43-44-46)22(23-14-29(37)49-32(23)38)10-18-11-24-30(42-20-4-5-25(35)27(39)13-20)19(15-40)16-41-31(24)26(36)12-18/h4-5,11-14,16-17,21-22H,6-10H2,1-3H3,(H,41,42)/t22-/m0/s1. The van der Waals surface area contributed by atoms with Gasteiger partial charge in [-0.15, -0.1) is 16.4 Å². The molecule has 6 rings (SSSR count). The van der Waals surface area contributed by atoms with E-state index in [1.807, 2.05) is 49.8 Å². The second-order valence-electron chi connectivity index (χ2n) is 12.7. The van der Waals surface area contributed by atoms with Gasteiger partial charge in [-0.1, -0.05) is 51.6 Å². The van der Waals surface area contributed by atoms with Crippen LogP contribution < -0.4 is 5.32 Å². The summed E-state index contributed by atoms with van der Waals surface area (Å²) in [6, 6.07) is 12.1. The predicted octanol–water partition coefficient (Wildman–Crippen LogP) is 10.2. The fraction of sp³-hybridized carbons (Fsp3) is 0.324. The molecular formula is C34H30Cl4FN7O2S. The van der Waals surface area contributed by atoms with Crippen molar-refractivity contribution in [1.29, 1.82) is 5.26 Å². The number of carbonyl (C=O) groups is 1. The third kappa shape index (κ3) is 7.89. The van der Waals surface area contributed by atoms with Gasteiger partial charge in [0.1, 0.15) is 17.5 Å². The van der Waals surface area contributed by atoms with Gasteiger partial charge in [-0.25, -0.2) is 13.9 Å². The summed E-state index contributed by atoms with van der Waals surface area (Å²) in [5, 5.41) is 23.1. The number of likely N-dealkylation sites (tertiary alicyclic amines) is 1. The molecule has 15 heteroatoms. The molecule has 0 aliphatic carbocycles. The smallest absolute Gasteiger partial charge is 0.410 e. The van der Waals surface area contributed by atoms with Gasteiger partial charge >= 0.3 is 6.09 Å². The van der Waals surface area contributed by atoms with Gasteiger partial charge < -0.3 is 15.0 Å². The Hall–Kier alpha value is -3.66. The number of nitriles is 1. The molecule has 3 aromatic heterocycles. The van der Waals surface area contributed by atoms with Crippen LogP contribution in [-0.2, 0) is 11.2 Å². The SMILES string of the molecule is CC(C)(C)OC(=O)N1CCC(n2cc([C@@H](Cc3cc(Cl)c4ncc(C#N)c(Nc5ccc(Cl)c(F)c5)c4c3)c3cc(Cl)sc3Cl)nn2)CC1. The molecule has 2 aromatic carbocycles. The Bertz CT molecular complexity index is 2080. The van der Waals surface area contributed by atoms with Gasteiger partial charge in [0, 0.05) is 42.5 Å². The Morgan fingerprint density at radius 2 is 1.90 bits per heavy atom. The lowest BCUT2D eigenvalue weighted by atomic mass is 9.90. The van der Waals surface area contributed by atoms with E-state index in [2.05, 4.69) is 26.7 Å². The van der Waals surface area contributed by atoms with E-state index in [-0.39, 0.29) is 28.6 Å². The van der Waals surface area contributed by atoms with E-state index in [1.165, 1.54) is 29.7 Å². The molecule has 9 nitrogen and oxygen atoms in total. The molecule has 0 unspecified atom stereocenters. The number of anilines is 2. The highest BCUT2D eigenvalue weighted by Gasteiger charge is 2.30. The number of pyridine rings is 1. The number of hydrogen-bond acceptors (Lipinski definition) is 8. The molecule has 1 N–H and O–H groups in total. The fourth-order valence-corrected chi connectivity index (χ4v) is 7.83. The topological polar surface area (TPSA) is 109 Å². The number of aromatic nitrogens is 4. The molecule has 0 saturated carbocycles. The maximum absolute atomic E-state index is 14.3. The van der Waals surface area contributed by atoms with Crippen LogP contribution in [0.5, 0.6) is 0 Å². The third-order valence-corrected chi connectivity index (χ3v) is 10.3. The monoisotopic (exact) mass is 759 g/mol. The van der Waals surface area contributed by atoms with E-state index < -0.39 is 11.4 Å². The van der Waals surface area contributed by atoms with Gasteiger partial charge in [0.05, 0.1) is 47.2 Å². The summed E-state index contributed by atoms with van der Waals surface area (Å²) in [7, 11) is 0. The summed E-state index contributed by atoms with van der Waals surface area (Å²) < 4.78 is 22.8. The Balaban J connectivity index is 1.32. The van der Waals surface area contributed by atoms with E-state index in [9.17, 15) is 14.4 Å². The fourth-order valence-electron chi connectivity index (χ4n) is 5.84. The summed E-state index contributed by atoms with van der Waals surface area (Å²) in [5.41, 5.74) is 3.27. The van der Waals surface area contributed by atoms with Gasteiger partial charge in [0.25, 0.3) is 0 Å². The number of halogens is 5. The van der Waals surface area contributed by atoms with Crippen molar-refractivity contribution in [2.24, 2.45) is 0 Å². The normalized spacial score (nSPS) is 14.6. The zero-order valence-corrected chi connectivity index (χ0v) is 30.4. The van der Waals surface area contributed by atoms with Gasteiger partial charge in [-0.2, -0.15) is 5.26 Å². The quantitative estimate of drug-likeness (QED) is 0.176. The highest BCUT2D eigenvalue weighted by atomic mass is 35.5. The van der Waals surface area contributed by atoms with E-state index in [0.717, 1.165) is 11.1 Å². The van der Waals surface area contributed by atoms with Crippen LogP contribution in [0.15, 0.2) is 48.8 Å². The van der Waals surface area contributed by atoms with Crippen molar-refractivity contribution in [1.82, 2.24) is 24.9 Å². The van der Waals surface area contributed by atoms with Crippen LogP contribution in [0.1, 0.15) is 68.0 Å². The predicted molar refractivity (Wildman–Crippen MR) is 192 cm³/mol. The van der Waals surface area contributed by atoms with Crippen molar-refractivity contribution in [3.05, 3.63) is 95.7 Å². The largest absolute Gasteiger partial charge is 0.444 e. The van der Waals surface area contributed by atoms with Crippen molar-refractivity contribution < 1.29 is 13.9 Å². The highest BCUT2D eigenvalue weighted by molar-refractivity contribution is 7.20. The molecule has 0 bridgehead atoms. The first-order valence-electron chi connectivity index (χ1n) is 15.4. The van der Waals surface area contributed by atoms with Crippen molar-refractivity contribution in [2.45, 2.75) is 57.6 Å². The molecular weight excluding hydrogens is 731 g/mol. The number of nitrogens with one attached hydrogen (secondary N) is 1. The molecule has 0 spiro atoms. The zero-order chi connectivity index (χ0) is 35.0. The van der Waals surface area contributed by atoms with Crippen molar-refractivity contribution in [3.63, 3.8) is 0 Å². The Morgan fingerprint density at radius 3 is 2.55 bits per heavy atom. The van der Waals surface area contributed by atoms with Gasteiger partial charge in [0.2, 0.25) is 0 Å². The number of nitrogens with zero attached hydrogens (tertiary/aromatic N) is 6. The number of rotatable bonds is 7. The molecule has 1 saturated heterocycles. The van der Waals surface area contributed by atoms with Crippen molar-refractivity contribution in [3.8, 4) is 6.07 Å². The minimum atomic E-state index is -0.599. The highest BCUT2D eigenvalue weighted by Crippen LogP contribution is 2.41. The average Bonchev–Trinajstić information content (AvgIpc) is 3.67. The van der Waals surface area contributed by atoms with E-state index in [0.29, 0.717) is 74.0 Å². The lowest BCUT2D eigenvalue weighted by Crippen LogP contribution is -2.42. The number of ether oxygens (including phenoxy) is 1. The molecule has 1 aliphatic rings. The number of hydrogen-bond donors (Lipinski definition) is 1. The minimum Gasteiger partial charge on any atom is -0.444 e. The number of thiophene rings is 1. The molecule has 0 radical (unpaired) electrons. The van der Waals surface area contributed by atoms with Gasteiger partial charge in [-0.3, -0.25) is 4.98 Å². The molecule has 1 aliphatic heterocycles. The minimum absolute atomic E-state index is 0.0163. The number of carbonyl (C=O) groups excluding carboxylic acids is 1. The summed E-state index contributed by atoms with van der Waals surface area (Å²) in [5.74, 6) is -0.952. The third-order valence-electron chi connectivity index (χ3n) is 8.17. The Morgan fingerprint density at radius 1 is 1.14 bits per heavy atom. The van der Waals surface area contributed by atoms with Crippen LogP contribution in [0.3, 0.4) is 0 Å². The number of amides is 1. The molecule has 1 atom stereocenters. The first-order chi connectivity index (χ1) is 23.3. The number of fused-ring (bicyclic) bond motifs is 1. The van der Waals surface area contributed by atoms with Crippen molar-refractivity contribution >= 4 is 86.1 Å². The van der Waals surface area contributed by atoms with E-state index >= 15 is 0 Å². The number of piperidine rings is 1. The first kappa shape index (κ1) is 35.2. The molecule has 4 heterocycles. The summed E-state index contributed by atoms with van der Waals surface area (Å²) in [6.45, 7) is 6.63. The molecule has 49 heavy (non-hydrogen) atoms. The van der Waals surface area contributed by atoms with Crippen LogP contribution in [0, 0.1) is 17.1 Å². The van der Waals surface area contributed by atoms with Crippen molar-refractivity contribution in [2.75, 3.05) is 18.4 Å². The van der Waals surface area contributed by atoms with Gasteiger partial charge in [-0.05, 0) is 87.6 Å². The molecule has 5 aromatic rings. The Kier molecular flexibility index (Phi) is 10.3. The Labute approximate surface area is 306 Å². The van der Waals surface area contributed by atoms with E-state index in [1.54, 1.807) is 11.0 Å². The summed E-state index contributed by atoms with van der Waals surface area (Å²) in [6.07, 6.45) is 4.82. The summed E-state index contributed by atoms with van der Waals surface area (Å²) in [4.78, 5) is 18.8. The maximum atomic E-state index is 14.3. The lowest BCUT2D eigenvalue weighted by molar-refractivity contribution is 0.0184. The van der Waals surface area contributed by atoms with Gasteiger partial charge in [0.15, 0.2) is 0 Å². The van der Waals surface area contributed by atoms with Crippen LogP contribution in [0.2, 0.25) is 18.7 Å². The lowest BCUT2D eigenvalue weighted by Gasteiger charge is -2.33. The maximum Gasteiger partial charge on any atom is 0.410 e. The number of benzene rings is 2. The molecule has 254 valence electrons. The van der Waals surface area contributed by atoms with Crippen LogP contribution >= 0.6 is 57.7 Å². The average molecular weight is 762 g/mol. The second-order valence-corrected chi connectivity index (χ2v) is 15.8. The second kappa shape index (κ2) is 14.3. The molecule has 1 amide bonds. The van der Waals surface area contributed by atoms with Crippen LogP contribution in [0.25, 0.3) is 10.9 Å². The molecule has 1 fully saturated rings. The van der Waals surface area contributed by atoms with Crippen LogP contribution in [0.4, 0.5) is 20.6 Å². The van der Waals surface area contributed by atoms with E-state index in [4.69, 9.17) is 51.1 Å². The zero-order valence-electron chi connectivity index (χ0n) is 26.6. The first-order valence-corrected chi connectivity index (χ1v) is 17.7.